The van der Waals surface area contributed by atoms with Gasteiger partial charge < -0.3 is 10.5 Å². The van der Waals surface area contributed by atoms with Crippen molar-refractivity contribution in [1.82, 2.24) is 0 Å². The number of hydrogen-bond acceptors (Lipinski definition) is 4. The van der Waals surface area contributed by atoms with E-state index >= 15 is 0 Å². The topological polar surface area (TPSA) is 52.3 Å². The van der Waals surface area contributed by atoms with Crippen LogP contribution in [0.15, 0.2) is 29.2 Å². The second kappa shape index (κ2) is 5.66. The molecule has 2 N–H and O–H groups in total. The molecule has 0 amide bonds. The summed E-state index contributed by atoms with van der Waals surface area (Å²) >= 11 is 1.61. The number of ether oxygens (including phenoxy) is 1. The Labute approximate surface area is 94.0 Å². The molecule has 0 aliphatic heterocycles. The van der Waals surface area contributed by atoms with Crippen LogP contribution in [0.25, 0.3) is 0 Å². The molecule has 0 saturated heterocycles. The zero-order chi connectivity index (χ0) is 11.3. The monoisotopic (exact) mass is 225 g/mol. The Hall–Kier alpha value is -1.16. The van der Waals surface area contributed by atoms with Crippen LogP contribution < -0.4 is 5.73 Å². The number of carbonyl (C=O) groups is 1. The lowest BCUT2D eigenvalue weighted by molar-refractivity contribution is -0.143. The highest BCUT2D eigenvalue weighted by molar-refractivity contribution is 7.99. The molecule has 0 spiro atoms. The number of rotatable bonds is 4. The van der Waals surface area contributed by atoms with Crippen LogP contribution in [0.4, 0.5) is 5.69 Å². The van der Waals surface area contributed by atoms with Crippen molar-refractivity contribution in [3.8, 4) is 0 Å². The summed E-state index contributed by atoms with van der Waals surface area (Å²) in [4.78, 5) is 12.2. The third-order valence-corrected chi connectivity index (χ3v) is 3.22. The molecular formula is C11H15NO2S. The van der Waals surface area contributed by atoms with Gasteiger partial charge in [-0.25, -0.2) is 0 Å². The van der Waals surface area contributed by atoms with Crippen molar-refractivity contribution < 1.29 is 9.53 Å². The number of benzene rings is 1. The van der Waals surface area contributed by atoms with Crippen molar-refractivity contribution in [1.29, 1.82) is 0 Å². The van der Waals surface area contributed by atoms with Crippen LogP contribution in [0.2, 0.25) is 0 Å². The number of anilines is 1. The largest absolute Gasteiger partial charge is 0.469 e. The number of hydrogen-bond donors (Lipinski definition) is 1. The Bertz CT molecular complexity index is 341. The molecule has 0 heterocycles. The van der Waals surface area contributed by atoms with Crippen molar-refractivity contribution in [2.75, 3.05) is 18.6 Å². The van der Waals surface area contributed by atoms with Gasteiger partial charge in [0.1, 0.15) is 0 Å². The Balaban J connectivity index is 2.47. The number of methoxy groups -OCH3 is 1. The molecule has 3 nitrogen and oxygen atoms in total. The molecule has 1 rings (SSSR count). The highest BCUT2D eigenvalue weighted by Gasteiger charge is 2.12. The van der Waals surface area contributed by atoms with Gasteiger partial charge in [0, 0.05) is 16.3 Å². The SMILES string of the molecule is COC(=O)C(C)CSc1cccc(N)c1. The summed E-state index contributed by atoms with van der Waals surface area (Å²) in [5.74, 6) is 0.434. The van der Waals surface area contributed by atoms with Crippen molar-refractivity contribution in [2.24, 2.45) is 5.92 Å². The van der Waals surface area contributed by atoms with Gasteiger partial charge in [0.2, 0.25) is 0 Å². The van der Waals surface area contributed by atoms with Crippen LogP contribution in [-0.2, 0) is 9.53 Å². The molecule has 0 aromatic heterocycles. The minimum Gasteiger partial charge on any atom is -0.469 e. The molecule has 0 fully saturated rings. The zero-order valence-corrected chi connectivity index (χ0v) is 9.71. The molecule has 1 aromatic rings. The fourth-order valence-electron chi connectivity index (χ4n) is 1.09. The normalized spacial score (nSPS) is 12.1. The molecule has 4 heteroatoms. The Morgan fingerprint density at radius 2 is 2.33 bits per heavy atom. The Kier molecular flexibility index (Phi) is 4.49. The van der Waals surface area contributed by atoms with Crippen LogP contribution in [0.5, 0.6) is 0 Å². The van der Waals surface area contributed by atoms with Gasteiger partial charge in [-0.05, 0) is 18.2 Å². The van der Waals surface area contributed by atoms with E-state index in [1.165, 1.54) is 7.11 Å². The number of thioether (sulfide) groups is 1. The predicted molar refractivity (Wildman–Crippen MR) is 62.8 cm³/mol. The van der Waals surface area contributed by atoms with E-state index in [2.05, 4.69) is 4.74 Å². The smallest absolute Gasteiger partial charge is 0.309 e. The summed E-state index contributed by atoms with van der Waals surface area (Å²) in [5, 5.41) is 0. The molecule has 1 aromatic carbocycles. The van der Waals surface area contributed by atoms with E-state index < -0.39 is 0 Å². The summed E-state index contributed by atoms with van der Waals surface area (Å²) in [7, 11) is 1.41. The van der Waals surface area contributed by atoms with Gasteiger partial charge >= 0.3 is 5.97 Å². The second-order valence-electron chi connectivity index (χ2n) is 3.31. The number of nitrogen functional groups attached to an aromatic ring is 1. The minimum absolute atomic E-state index is 0.0959. The summed E-state index contributed by atoms with van der Waals surface area (Å²) in [5.41, 5.74) is 6.39. The van der Waals surface area contributed by atoms with E-state index in [0.29, 0.717) is 5.75 Å². The van der Waals surface area contributed by atoms with Gasteiger partial charge in [-0.3, -0.25) is 4.79 Å². The maximum atomic E-state index is 11.1. The van der Waals surface area contributed by atoms with Crippen LogP contribution in [0.1, 0.15) is 6.92 Å². The highest BCUT2D eigenvalue weighted by Crippen LogP contribution is 2.22. The number of nitrogens with two attached hydrogens (primary N) is 1. The zero-order valence-electron chi connectivity index (χ0n) is 8.90. The lowest BCUT2D eigenvalue weighted by Crippen LogP contribution is -2.14. The summed E-state index contributed by atoms with van der Waals surface area (Å²) < 4.78 is 4.65. The fourth-order valence-corrected chi connectivity index (χ4v) is 2.07. The average molecular weight is 225 g/mol. The molecule has 0 radical (unpaired) electrons. The quantitative estimate of drug-likeness (QED) is 0.485. The number of carbonyl (C=O) groups excluding carboxylic acids is 1. The molecule has 1 unspecified atom stereocenters. The van der Waals surface area contributed by atoms with Crippen molar-refractivity contribution >= 4 is 23.4 Å². The molecular weight excluding hydrogens is 210 g/mol. The molecule has 0 bridgehead atoms. The summed E-state index contributed by atoms with van der Waals surface area (Å²) in [6.07, 6.45) is 0. The van der Waals surface area contributed by atoms with Crippen molar-refractivity contribution in [2.45, 2.75) is 11.8 Å². The van der Waals surface area contributed by atoms with E-state index in [0.717, 1.165) is 10.6 Å². The first kappa shape index (κ1) is 11.9. The van der Waals surface area contributed by atoms with Crippen LogP contribution in [0.3, 0.4) is 0 Å². The molecule has 15 heavy (non-hydrogen) atoms. The number of esters is 1. The van der Waals surface area contributed by atoms with Gasteiger partial charge in [0.25, 0.3) is 0 Å². The highest BCUT2D eigenvalue weighted by atomic mass is 32.2. The van der Waals surface area contributed by atoms with E-state index in [1.54, 1.807) is 11.8 Å². The maximum Gasteiger partial charge on any atom is 0.309 e. The minimum atomic E-state index is -0.175. The van der Waals surface area contributed by atoms with E-state index in [4.69, 9.17) is 5.73 Å². The van der Waals surface area contributed by atoms with Crippen LogP contribution >= 0.6 is 11.8 Å². The third kappa shape index (κ3) is 3.83. The first-order valence-corrected chi connectivity index (χ1v) is 5.68. The van der Waals surface area contributed by atoms with Crippen LogP contribution in [0, 0.1) is 5.92 Å². The second-order valence-corrected chi connectivity index (χ2v) is 4.40. The van der Waals surface area contributed by atoms with Crippen molar-refractivity contribution in [3.05, 3.63) is 24.3 Å². The van der Waals surface area contributed by atoms with E-state index in [-0.39, 0.29) is 11.9 Å². The lowest BCUT2D eigenvalue weighted by atomic mass is 10.2. The van der Waals surface area contributed by atoms with Gasteiger partial charge in [-0.15, -0.1) is 11.8 Å². The predicted octanol–water partition coefficient (Wildman–Crippen LogP) is 2.17. The molecule has 82 valence electrons. The standard InChI is InChI=1S/C11H15NO2S/c1-8(11(13)14-2)7-15-10-5-3-4-9(12)6-10/h3-6,8H,7,12H2,1-2H3. The van der Waals surface area contributed by atoms with Gasteiger partial charge in [-0.1, -0.05) is 13.0 Å². The van der Waals surface area contributed by atoms with Gasteiger partial charge in [0.05, 0.1) is 13.0 Å². The van der Waals surface area contributed by atoms with Crippen molar-refractivity contribution in [3.63, 3.8) is 0 Å². The molecule has 0 aliphatic rings. The van der Waals surface area contributed by atoms with Gasteiger partial charge in [0.15, 0.2) is 0 Å². The first-order valence-electron chi connectivity index (χ1n) is 4.69. The van der Waals surface area contributed by atoms with E-state index in [1.807, 2.05) is 31.2 Å². The first-order chi connectivity index (χ1) is 7.13. The Morgan fingerprint density at radius 1 is 1.60 bits per heavy atom. The molecule has 1 atom stereocenters. The van der Waals surface area contributed by atoms with Gasteiger partial charge in [-0.2, -0.15) is 0 Å². The Morgan fingerprint density at radius 3 is 2.93 bits per heavy atom. The summed E-state index contributed by atoms with van der Waals surface area (Å²) in [6, 6.07) is 7.62. The fraction of sp³-hybridized carbons (Fsp3) is 0.364. The average Bonchev–Trinajstić information content (AvgIpc) is 2.25. The lowest BCUT2D eigenvalue weighted by Gasteiger charge is -2.08. The van der Waals surface area contributed by atoms with Crippen LogP contribution in [-0.4, -0.2) is 18.8 Å². The molecule has 0 saturated carbocycles. The van der Waals surface area contributed by atoms with E-state index in [9.17, 15) is 4.79 Å². The molecule has 0 aliphatic carbocycles. The third-order valence-electron chi connectivity index (χ3n) is 1.96. The summed E-state index contributed by atoms with van der Waals surface area (Å²) in [6.45, 7) is 1.85. The maximum absolute atomic E-state index is 11.1.